The van der Waals surface area contributed by atoms with Gasteiger partial charge in [-0.3, -0.25) is 4.79 Å². The summed E-state index contributed by atoms with van der Waals surface area (Å²) < 4.78 is 13.6. The van der Waals surface area contributed by atoms with E-state index in [1.807, 2.05) is 0 Å². The Hall–Kier alpha value is -1.10. The van der Waals surface area contributed by atoms with Crippen LogP contribution in [0.3, 0.4) is 0 Å². The number of halogens is 4. The molecule has 0 aliphatic rings. The lowest BCUT2D eigenvalue weighted by Crippen LogP contribution is -2.12. The van der Waals surface area contributed by atoms with Crippen molar-refractivity contribution < 1.29 is 9.18 Å². The summed E-state index contributed by atoms with van der Waals surface area (Å²) in [7, 11) is 0. The maximum atomic E-state index is 13.3. The van der Waals surface area contributed by atoms with Crippen LogP contribution in [0.5, 0.6) is 0 Å². The topological polar surface area (TPSA) is 29.1 Å². The first kappa shape index (κ1) is 14.3. The van der Waals surface area contributed by atoms with Crippen molar-refractivity contribution in [2.24, 2.45) is 0 Å². The van der Waals surface area contributed by atoms with Crippen molar-refractivity contribution >= 4 is 50.7 Å². The van der Waals surface area contributed by atoms with Gasteiger partial charge >= 0.3 is 0 Å². The van der Waals surface area contributed by atoms with Crippen LogP contribution in [-0.4, -0.2) is 5.91 Å². The Bertz CT molecular complexity index is 649. The quantitative estimate of drug-likeness (QED) is 0.786. The molecule has 0 atom stereocenters. The molecule has 2 aromatic carbocycles. The van der Waals surface area contributed by atoms with Gasteiger partial charge < -0.3 is 5.32 Å². The van der Waals surface area contributed by atoms with Gasteiger partial charge in [0.25, 0.3) is 5.91 Å². The van der Waals surface area contributed by atoms with Crippen LogP contribution in [0.15, 0.2) is 40.9 Å². The van der Waals surface area contributed by atoms with E-state index in [4.69, 9.17) is 23.2 Å². The molecule has 2 nitrogen and oxygen atoms in total. The van der Waals surface area contributed by atoms with Crippen LogP contribution in [-0.2, 0) is 0 Å². The standard InChI is InChI=1S/C13H7BrCl2FNO/c14-9-3-1-7(5-11(9)17)13(19)18-12-4-2-8(15)6-10(12)16/h1-6H,(H,18,19). The molecule has 0 saturated heterocycles. The van der Waals surface area contributed by atoms with Gasteiger partial charge in [-0.2, -0.15) is 0 Å². The lowest BCUT2D eigenvalue weighted by atomic mass is 10.2. The Labute approximate surface area is 127 Å². The average molecular weight is 363 g/mol. The Morgan fingerprint density at radius 2 is 1.89 bits per heavy atom. The Kier molecular flexibility index (Phi) is 4.45. The molecule has 0 heterocycles. The highest BCUT2D eigenvalue weighted by Gasteiger charge is 2.11. The second kappa shape index (κ2) is 5.90. The summed E-state index contributed by atoms with van der Waals surface area (Å²) in [4.78, 5) is 11.9. The van der Waals surface area contributed by atoms with Gasteiger partial charge in [-0.15, -0.1) is 0 Å². The van der Waals surface area contributed by atoms with Gasteiger partial charge in [-0.05, 0) is 52.3 Å². The molecule has 2 aromatic rings. The molecule has 19 heavy (non-hydrogen) atoms. The number of carbonyl (C=O) groups excluding carboxylic acids is 1. The van der Waals surface area contributed by atoms with Crippen LogP contribution < -0.4 is 5.32 Å². The first-order valence-corrected chi connectivity index (χ1v) is 6.74. The van der Waals surface area contributed by atoms with E-state index in [0.717, 1.165) is 6.07 Å². The highest BCUT2D eigenvalue weighted by Crippen LogP contribution is 2.26. The van der Waals surface area contributed by atoms with Crippen LogP contribution in [0.2, 0.25) is 10.0 Å². The summed E-state index contributed by atoms with van der Waals surface area (Å²) in [6.07, 6.45) is 0. The van der Waals surface area contributed by atoms with Gasteiger partial charge in [0.2, 0.25) is 0 Å². The number of amides is 1. The second-order valence-corrected chi connectivity index (χ2v) is 5.41. The molecule has 98 valence electrons. The minimum absolute atomic E-state index is 0.201. The zero-order valence-corrected chi connectivity index (χ0v) is 12.5. The Morgan fingerprint density at radius 1 is 1.16 bits per heavy atom. The smallest absolute Gasteiger partial charge is 0.255 e. The van der Waals surface area contributed by atoms with Crippen LogP contribution in [0.1, 0.15) is 10.4 Å². The van der Waals surface area contributed by atoms with E-state index in [-0.39, 0.29) is 5.56 Å². The van der Waals surface area contributed by atoms with Crippen molar-refractivity contribution in [3.05, 3.63) is 62.3 Å². The SMILES string of the molecule is O=C(Nc1ccc(Cl)cc1Cl)c1ccc(Br)c(F)c1. The van der Waals surface area contributed by atoms with Gasteiger partial charge in [0.15, 0.2) is 0 Å². The van der Waals surface area contributed by atoms with Gasteiger partial charge in [-0.1, -0.05) is 23.2 Å². The Balaban J connectivity index is 2.23. The van der Waals surface area contributed by atoms with Crippen LogP contribution >= 0.6 is 39.1 Å². The maximum Gasteiger partial charge on any atom is 0.255 e. The average Bonchev–Trinajstić information content (AvgIpc) is 2.36. The van der Waals surface area contributed by atoms with Crippen LogP contribution in [0.4, 0.5) is 10.1 Å². The summed E-state index contributed by atoms with van der Waals surface area (Å²) >= 11 is 14.7. The molecule has 2 rings (SSSR count). The number of hydrogen-bond acceptors (Lipinski definition) is 1. The number of carbonyl (C=O) groups is 1. The highest BCUT2D eigenvalue weighted by molar-refractivity contribution is 9.10. The third kappa shape index (κ3) is 3.47. The van der Waals surface area contributed by atoms with E-state index < -0.39 is 11.7 Å². The van der Waals surface area contributed by atoms with E-state index >= 15 is 0 Å². The zero-order valence-electron chi connectivity index (χ0n) is 9.38. The number of hydrogen-bond donors (Lipinski definition) is 1. The number of nitrogens with one attached hydrogen (secondary N) is 1. The number of benzene rings is 2. The first-order valence-electron chi connectivity index (χ1n) is 5.19. The minimum Gasteiger partial charge on any atom is -0.321 e. The molecular weight excluding hydrogens is 356 g/mol. The Morgan fingerprint density at radius 3 is 2.53 bits per heavy atom. The van der Waals surface area contributed by atoms with Gasteiger partial charge in [0.1, 0.15) is 5.82 Å². The minimum atomic E-state index is -0.505. The predicted octanol–water partition coefficient (Wildman–Crippen LogP) is 5.15. The second-order valence-electron chi connectivity index (χ2n) is 3.71. The molecule has 1 amide bonds. The van der Waals surface area contributed by atoms with Gasteiger partial charge in [0, 0.05) is 10.6 Å². The zero-order chi connectivity index (χ0) is 14.0. The molecular formula is C13H7BrCl2FNO. The molecule has 0 radical (unpaired) electrons. The lowest BCUT2D eigenvalue weighted by Gasteiger charge is -2.08. The van der Waals surface area contributed by atoms with Crippen molar-refractivity contribution in [3.8, 4) is 0 Å². The van der Waals surface area contributed by atoms with Gasteiger partial charge in [-0.25, -0.2) is 4.39 Å². The van der Waals surface area contributed by atoms with Crippen molar-refractivity contribution in [2.75, 3.05) is 5.32 Å². The van der Waals surface area contributed by atoms with E-state index in [1.54, 1.807) is 12.1 Å². The summed E-state index contributed by atoms with van der Waals surface area (Å²) in [5, 5.41) is 3.38. The molecule has 0 unspecified atom stereocenters. The van der Waals surface area contributed by atoms with Crippen molar-refractivity contribution in [2.45, 2.75) is 0 Å². The van der Waals surface area contributed by atoms with Crippen molar-refractivity contribution in [3.63, 3.8) is 0 Å². The van der Waals surface area contributed by atoms with Crippen molar-refractivity contribution in [1.82, 2.24) is 0 Å². The molecule has 0 aliphatic carbocycles. The first-order chi connectivity index (χ1) is 8.97. The molecule has 0 fully saturated rings. The molecule has 6 heteroatoms. The normalized spacial score (nSPS) is 10.3. The summed E-state index contributed by atoms with van der Waals surface area (Å²) in [6, 6.07) is 8.81. The molecule has 0 aromatic heterocycles. The fourth-order valence-electron chi connectivity index (χ4n) is 1.42. The third-order valence-corrected chi connectivity index (χ3v) is 3.55. The molecule has 0 bridgehead atoms. The van der Waals surface area contributed by atoms with Crippen molar-refractivity contribution in [1.29, 1.82) is 0 Å². The molecule has 0 spiro atoms. The fourth-order valence-corrected chi connectivity index (χ4v) is 2.13. The lowest BCUT2D eigenvalue weighted by molar-refractivity contribution is 0.102. The molecule has 1 N–H and O–H groups in total. The number of rotatable bonds is 2. The van der Waals surface area contributed by atoms with Crippen LogP contribution in [0.25, 0.3) is 0 Å². The van der Waals surface area contributed by atoms with E-state index in [9.17, 15) is 9.18 Å². The van der Waals surface area contributed by atoms with Crippen LogP contribution in [0, 0.1) is 5.82 Å². The van der Waals surface area contributed by atoms with E-state index in [1.165, 1.54) is 18.2 Å². The monoisotopic (exact) mass is 361 g/mol. The summed E-state index contributed by atoms with van der Waals surface area (Å²) in [5.41, 5.74) is 0.617. The van der Waals surface area contributed by atoms with E-state index in [0.29, 0.717) is 20.2 Å². The predicted molar refractivity (Wildman–Crippen MR) is 78.5 cm³/mol. The summed E-state index contributed by atoms with van der Waals surface area (Å²) in [6.45, 7) is 0. The third-order valence-electron chi connectivity index (χ3n) is 2.36. The number of anilines is 1. The summed E-state index contributed by atoms with van der Waals surface area (Å²) in [5.74, 6) is -0.953. The fraction of sp³-hybridized carbons (Fsp3) is 0. The van der Waals surface area contributed by atoms with E-state index in [2.05, 4.69) is 21.2 Å². The molecule has 0 saturated carbocycles. The highest BCUT2D eigenvalue weighted by atomic mass is 79.9. The van der Waals surface area contributed by atoms with Gasteiger partial charge in [0.05, 0.1) is 15.2 Å². The largest absolute Gasteiger partial charge is 0.321 e. The maximum absolute atomic E-state index is 13.3. The molecule has 0 aliphatic heterocycles.